The van der Waals surface area contributed by atoms with Crippen molar-refractivity contribution < 1.29 is 9.53 Å². The highest BCUT2D eigenvalue weighted by molar-refractivity contribution is 5.95. The number of para-hydroxylation sites is 1. The summed E-state index contributed by atoms with van der Waals surface area (Å²) < 4.78 is 7.70. The van der Waals surface area contributed by atoms with Gasteiger partial charge in [0.15, 0.2) is 0 Å². The van der Waals surface area contributed by atoms with Gasteiger partial charge in [-0.05, 0) is 43.6 Å². The molecule has 1 aliphatic rings. The predicted octanol–water partition coefficient (Wildman–Crippen LogP) is 4.75. The topological polar surface area (TPSA) is 34.5 Å². The van der Waals surface area contributed by atoms with Crippen molar-refractivity contribution in [2.75, 3.05) is 26.2 Å². The number of hydrogen-bond donors (Lipinski definition) is 0. The first-order valence-corrected chi connectivity index (χ1v) is 9.83. The number of nitrogens with zero attached hydrogens (tertiary/aromatic N) is 2. The summed E-state index contributed by atoms with van der Waals surface area (Å²) in [5.41, 5.74) is 2.85. The molecule has 2 heterocycles. The van der Waals surface area contributed by atoms with Crippen molar-refractivity contribution >= 4 is 29.3 Å². The molecule has 0 spiro atoms. The first-order valence-electron chi connectivity index (χ1n) is 9.83. The lowest BCUT2D eigenvalue weighted by Crippen LogP contribution is -2.33. The molecule has 3 aromatic rings. The van der Waals surface area contributed by atoms with Gasteiger partial charge in [0.05, 0.1) is 0 Å². The summed E-state index contributed by atoms with van der Waals surface area (Å²) in [5, 5.41) is 1.07. The van der Waals surface area contributed by atoms with Gasteiger partial charge in [0.2, 0.25) is 0 Å². The lowest BCUT2D eigenvalue weighted by atomic mass is 10.1. The molecule has 1 aliphatic heterocycles. The second-order valence-corrected chi connectivity index (χ2v) is 7.20. The Labute approximate surface area is 172 Å². The summed E-state index contributed by atoms with van der Waals surface area (Å²) in [4.78, 5) is 15.2. The molecule has 1 aromatic heterocycles. The van der Waals surface area contributed by atoms with Crippen molar-refractivity contribution in [2.24, 2.45) is 0 Å². The first kappa shape index (κ1) is 20.4. The Hall–Kier alpha value is -2.30. The number of carbonyl (C=O) groups excluding carboxylic acids is 1. The molecule has 0 amide bonds. The Balaban J connectivity index is 0.00000225. The van der Waals surface area contributed by atoms with E-state index in [1.165, 1.54) is 24.8 Å². The van der Waals surface area contributed by atoms with Crippen LogP contribution in [0, 0.1) is 0 Å². The Kier molecular flexibility index (Phi) is 7.12. The zero-order valence-corrected chi connectivity index (χ0v) is 16.9. The van der Waals surface area contributed by atoms with Gasteiger partial charge in [-0.2, -0.15) is 0 Å². The summed E-state index contributed by atoms with van der Waals surface area (Å²) in [6.45, 7) is 4.17. The molecule has 0 radical (unpaired) electrons. The van der Waals surface area contributed by atoms with Gasteiger partial charge in [0.1, 0.15) is 12.3 Å². The van der Waals surface area contributed by atoms with E-state index in [4.69, 9.17) is 4.74 Å². The summed E-state index contributed by atoms with van der Waals surface area (Å²) >= 11 is 0. The molecule has 148 valence electrons. The van der Waals surface area contributed by atoms with Gasteiger partial charge < -0.3 is 9.30 Å². The van der Waals surface area contributed by atoms with Crippen LogP contribution in [-0.2, 0) is 11.3 Å². The van der Waals surface area contributed by atoms with E-state index in [1.54, 1.807) is 0 Å². The maximum atomic E-state index is 12.8. The summed E-state index contributed by atoms with van der Waals surface area (Å²) in [7, 11) is 0. The maximum Gasteiger partial charge on any atom is 0.355 e. The lowest BCUT2D eigenvalue weighted by molar-refractivity contribution is 0.0441. The van der Waals surface area contributed by atoms with Crippen LogP contribution >= 0.6 is 12.4 Å². The number of benzene rings is 2. The third-order valence-corrected chi connectivity index (χ3v) is 5.29. The standard InChI is InChI=1S/C23H26N2O2.ClH/c26-23(27-16-15-24-13-7-2-8-14-24)22-17-20-11-5-6-12-21(20)25(22)18-19-9-3-1-4-10-19;/h1,3-6,9-12,17H,2,7-8,13-16,18H2;1H. The van der Waals surface area contributed by atoms with E-state index >= 15 is 0 Å². The van der Waals surface area contributed by atoms with E-state index in [0.29, 0.717) is 18.8 Å². The largest absolute Gasteiger partial charge is 0.460 e. The molecule has 1 saturated heterocycles. The average Bonchev–Trinajstić information content (AvgIpc) is 3.08. The van der Waals surface area contributed by atoms with Crippen LogP contribution in [0.2, 0.25) is 0 Å². The molecule has 0 N–H and O–H groups in total. The van der Waals surface area contributed by atoms with Crippen LogP contribution in [0.4, 0.5) is 0 Å². The van der Waals surface area contributed by atoms with Crippen molar-refractivity contribution in [3.63, 3.8) is 0 Å². The fourth-order valence-electron chi connectivity index (χ4n) is 3.84. The number of ether oxygens (including phenoxy) is 1. The SMILES string of the molecule is Cl.O=C(OCCN1CCCCC1)c1cc2ccccc2n1Cc1ccccc1. The molecule has 4 nitrogen and oxygen atoms in total. The molecule has 5 heteroatoms. The number of hydrogen-bond acceptors (Lipinski definition) is 3. The Morgan fingerprint density at radius 1 is 0.929 bits per heavy atom. The highest BCUT2D eigenvalue weighted by atomic mass is 35.5. The number of carbonyl (C=O) groups is 1. The van der Waals surface area contributed by atoms with Crippen LogP contribution in [0.15, 0.2) is 60.7 Å². The van der Waals surface area contributed by atoms with Crippen LogP contribution < -0.4 is 0 Å². The Morgan fingerprint density at radius 3 is 2.43 bits per heavy atom. The van der Waals surface area contributed by atoms with E-state index in [0.717, 1.165) is 30.5 Å². The molecule has 0 atom stereocenters. The van der Waals surface area contributed by atoms with Crippen molar-refractivity contribution in [2.45, 2.75) is 25.8 Å². The molecular formula is C23H27ClN2O2. The highest BCUT2D eigenvalue weighted by Crippen LogP contribution is 2.22. The first-order chi connectivity index (χ1) is 13.3. The zero-order chi connectivity index (χ0) is 18.5. The fourth-order valence-corrected chi connectivity index (χ4v) is 3.84. The molecule has 0 saturated carbocycles. The lowest BCUT2D eigenvalue weighted by Gasteiger charge is -2.25. The van der Waals surface area contributed by atoms with Gasteiger partial charge in [-0.25, -0.2) is 4.79 Å². The van der Waals surface area contributed by atoms with Gasteiger partial charge in [0, 0.05) is 24.0 Å². The summed E-state index contributed by atoms with van der Waals surface area (Å²) in [6, 6.07) is 20.3. The molecule has 28 heavy (non-hydrogen) atoms. The normalized spacial score (nSPS) is 14.6. The fraction of sp³-hybridized carbons (Fsp3) is 0.348. The van der Waals surface area contributed by atoms with E-state index in [2.05, 4.69) is 27.7 Å². The predicted molar refractivity (Wildman–Crippen MR) is 115 cm³/mol. The van der Waals surface area contributed by atoms with E-state index < -0.39 is 0 Å². The molecule has 0 aliphatic carbocycles. The van der Waals surface area contributed by atoms with Crippen LogP contribution in [0.5, 0.6) is 0 Å². The van der Waals surface area contributed by atoms with E-state index in [9.17, 15) is 4.79 Å². The maximum absolute atomic E-state index is 12.8. The number of rotatable bonds is 6. The zero-order valence-electron chi connectivity index (χ0n) is 16.0. The minimum absolute atomic E-state index is 0. The van der Waals surface area contributed by atoms with Crippen LogP contribution in [-0.4, -0.2) is 41.7 Å². The minimum atomic E-state index is -0.237. The van der Waals surface area contributed by atoms with Crippen LogP contribution in [0.25, 0.3) is 10.9 Å². The number of halogens is 1. The number of piperidine rings is 1. The van der Waals surface area contributed by atoms with Crippen molar-refractivity contribution in [1.29, 1.82) is 0 Å². The molecule has 4 rings (SSSR count). The average molecular weight is 399 g/mol. The van der Waals surface area contributed by atoms with Crippen LogP contribution in [0.3, 0.4) is 0 Å². The van der Waals surface area contributed by atoms with Crippen molar-refractivity contribution in [3.8, 4) is 0 Å². The molecule has 2 aromatic carbocycles. The van der Waals surface area contributed by atoms with E-state index in [1.807, 2.05) is 42.5 Å². The highest BCUT2D eigenvalue weighted by Gasteiger charge is 2.18. The second-order valence-electron chi connectivity index (χ2n) is 7.20. The Bertz CT molecular complexity index is 901. The van der Waals surface area contributed by atoms with Crippen LogP contribution in [0.1, 0.15) is 35.3 Å². The molecule has 0 bridgehead atoms. The number of likely N-dealkylation sites (tertiary alicyclic amines) is 1. The van der Waals surface area contributed by atoms with E-state index in [-0.39, 0.29) is 18.4 Å². The van der Waals surface area contributed by atoms with Crippen molar-refractivity contribution in [1.82, 2.24) is 9.47 Å². The van der Waals surface area contributed by atoms with Gasteiger partial charge in [-0.1, -0.05) is 55.0 Å². The molecular weight excluding hydrogens is 372 g/mol. The second kappa shape index (κ2) is 9.76. The molecule has 0 unspecified atom stereocenters. The number of esters is 1. The van der Waals surface area contributed by atoms with Gasteiger partial charge in [-0.15, -0.1) is 12.4 Å². The van der Waals surface area contributed by atoms with Gasteiger partial charge in [0.25, 0.3) is 0 Å². The number of fused-ring (bicyclic) bond motifs is 1. The quantitative estimate of drug-likeness (QED) is 0.562. The van der Waals surface area contributed by atoms with Gasteiger partial charge >= 0.3 is 5.97 Å². The summed E-state index contributed by atoms with van der Waals surface area (Å²) in [6.07, 6.45) is 3.81. The Morgan fingerprint density at radius 2 is 1.64 bits per heavy atom. The van der Waals surface area contributed by atoms with Gasteiger partial charge in [-0.3, -0.25) is 4.90 Å². The molecule has 1 fully saturated rings. The number of aromatic nitrogens is 1. The minimum Gasteiger partial charge on any atom is -0.460 e. The summed E-state index contributed by atoms with van der Waals surface area (Å²) in [5.74, 6) is -0.237. The third kappa shape index (κ3) is 4.75. The smallest absolute Gasteiger partial charge is 0.355 e. The van der Waals surface area contributed by atoms with Crippen molar-refractivity contribution in [3.05, 3.63) is 71.9 Å². The monoisotopic (exact) mass is 398 g/mol. The third-order valence-electron chi connectivity index (χ3n) is 5.29.